The van der Waals surface area contributed by atoms with Crippen LogP contribution in [0.25, 0.3) is 0 Å². The lowest BCUT2D eigenvalue weighted by molar-refractivity contribution is 0.300. The highest BCUT2D eigenvalue weighted by molar-refractivity contribution is 7.86. The SMILES string of the molecule is CCS(=O)(=O)OCCCCF. The fraction of sp³-hybridized carbons (Fsp3) is 1.00. The molecule has 0 rings (SSSR count). The molecule has 0 saturated heterocycles. The summed E-state index contributed by atoms with van der Waals surface area (Å²) in [5.74, 6) is -0.0252. The Balaban J connectivity index is 3.39. The standard InChI is InChI=1S/C6H13FO3S/c1-2-11(8,9)10-6-4-3-5-7/h2-6H2,1H3. The number of halogens is 1. The van der Waals surface area contributed by atoms with E-state index in [1.165, 1.54) is 6.92 Å². The molecule has 0 aromatic rings. The fourth-order valence-corrected chi connectivity index (χ4v) is 1.00. The minimum Gasteiger partial charge on any atom is -0.270 e. The molecule has 0 aromatic carbocycles. The Morgan fingerprint density at radius 2 is 2.00 bits per heavy atom. The lowest BCUT2D eigenvalue weighted by Crippen LogP contribution is -2.09. The van der Waals surface area contributed by atoms with Crippen LogP contribution in [0.1, 0.15) is 19.8 Å². The topological polar surface area (TPSA) is 43.4 Å². The number of hydrogen-bond acceptors (Lipinski definition) is 3. The molecule has 0 aliphatic carbocycles. The molecule has 0 N–H and O–H groups in total. The highest BCUT2D eigenvalue weighted by Gasteiger charge is 2.05. The van der Waals surface area contributed by atoms with Crippen LogP contribution >= 0.6 is 0 Å². The zero-order chi connectivity index (χ0) is 8.74. The molecule has 3 nitrogen and oxygen atoms in total. The first kappa shape index (κ1) is 10.8. The van der Waals surface area contributed by atoms with Gasteiger partial charge in [0.05, 0.1) is 19.0 Å². The summed E-state index contributed by atoms with van der Waals surface area (Å²) in [4.78, 5) is 0. The largest absolute Gasteiger partial charge is 0.270 e. The van der Waals surface area contributed by atoms with Gasteiger partial charge in [0.2, 0.25) is 0 Å². The van der Waals surface area contributed by atoms with Gasteiger partial charge in [-0.15, -0.1) is 0 Å². The normalized spacial score (nSPS) is 11.8. The van der Waals surface area contributed by atoms with E-state index in [2.05, 4.69) is 4.18 Å². The van der Waals surface area contributed by atoms with Crippen molar-refractivity contribution in [3.63, 3.8) is 0 Å². The Morgan fingerprint density at radius 1 is 1.36 bits per heavy atom. The van der Waals surface area contributed by atoms with E-state index in [0.717, 1.165) is 0 Å². The Morgan fingerprint density at radius 3 is 2.45 bits per heavy atom. The van der Waals surface area contributed by atoms with Crippen LogP contribution in [-0.2, 0) is 14.3 Å². The van der Waals surface area contributed by atoms with Crippen LogP contribution in [0.5, 0.6) is 0 Å². The highest BCUT2D eigenvalue weighted by Crippen LogP contribution is 1.96. The molecule has 5 heteroatoms. The van der Waals surface area contributed by atoms with E-state index in [0.29, 0.717) is 12.8 Å². The quantitative estimate of drug-likeness (QED) is 0.458. The van der Waals surface area contributed by atoms with Gasteiger partial charge in [-0.3, -0.25) is 8.57 Å². The maximum Gasteiger partial charge on any atom is 0.267 e. The van der Waals surface area contributed by atoms with Crippen molar-refractivity contribution in [1.82, 2.24) is 0 Å². The van der Waals surface area contributed by atoms with Gasteiger partial charge in [-0.1, -0.05) is 0 Å². The maximum atomic E-state index is 11.5. The molecule has 11 heavy (non-hydrogen) atoms. The van der Waals surface area contributed by atoms with E-state index < -0.39 is 16.8 Å². The van der Waals surface area contributed by atoms with Gasteiger partial charge >= 0.3 is 0 Å². The molecule has 0 spiro atoms. The third-order valence-corrected chi connectivity index (χ3v) is 2.38. The van der Waals surface area contributed by atoms with Gasteiger partial charge in [0.25, 0.3) is 10.1 Å². The Bertz CT molecular complexity index is 176. The highest BCUT2D eigenvalue weighted by atomic mass is 32.2. The van der Waals surface area contributed by atoms with Crippen molar-refractivity contribution >= 4 is 10.1 Å². The molecule has 0 aliphatic heterocycles. The van der Waals surface area contributed by atoms with Crippen molar-refractivity contribution in [2.45, 2.75) is 19.8 Å². The van der Waals surface area contributed by atoms with Gasteiger partial charge < -0.3 is 0 Å². The van der Waals surface area contributed by atoms with Crippen molar-refractivity contribution < 1.29 is 17.0 Å². The van der Waals surface area contributed by atoms with Crippen molar-refractivity contribution in [3.8, 4) is 0 Å². The molecule has 0 heterocycles. The van der Waals surface area contributed by atoms with Crippen LogP contribution in [0.4, 0.5) is 4.39 Å². The van der Waals surface area contributed by atoms with Crippen LogP contribution in [0.2, 0.25) is 0 Å². The second-order valence-electron chi connectivity index (χ2n) is 2.06. The molecule has 0 fully saturated rings. The van der Waals surface area contributed by atoms with Crippen LogP contribution in [0.15, 0.2) is 0 Å². The van der Waals surface area contributed by atoms with Gasteiger partial charge in [-0.25, -0.2) is 0 Å². The molecule has 0 atom stereocenters. The van der Waals surface area contributed by atoms with Gasteiger partial charge in [0, 0.05) is 0 Å². The van der Waals surface area contributed by atoms with Gasteiger partial charge in [0.1, 0.15) is 0 Å². The first-order chi connectivity index (χ1) is 5.12. The Labute approximate surface area is 66.7 Å². The Hall–Kier alpha value is -0.160. The molecule has 0 saturated carbocycles. The van der Waals surface area contributed by atoms with E-state index in [-0.39, 0.29) is 12.4 Å². The minimum atomic E-state index is -3.32. The Kier molecular flexibility index (Phi) is 5.41. The van der Waals surface area contributed by atoms with E-state index in [1.54, 1.807) is 0 Å². The molecular weight excluding hydrogens is 171 g/mol. The van der Waals surface area contributed by atoms with Crippen LogP contribution in [0.3, 0.4) is 0 Å². The zero-order valence-corrected chi connectivity index (χ0v) is 7.36. The van der Waals surface area contributed by atoms with Crippen molar-refractivity contribution in [2.24, 2.45) is 0 Å². The predicted molar refractivity (Wildman–Crippen MR) is 40.6 cm³/mol. The van der Waals surface area contributed by atoms with Crippen LogP contribution < -0.4 is 0 Å². The van der Waals surface area contributed by atoms with Crippen molar-refractivity contribution in [2.75, 3.05) is 19.0 Å². The third kappa shape index (κ3) is 6.25. The van der Waals surface area contributed by atoms with Gasteiger partial charge in [-0.2, -0.15) is 8.42 Å². The third-order valence-electron chi connectivity index (χ3n) is 1.14. The summed E-state index contributed by atoms with van der Waals surface area (Å²) in [6, 6.07) is 0. The van der Waals surface area contributed by atoms with Gasteiger partial charge in [-0.05, 0) is 19.8 Å². The minimum absolute atomic E-state index is 0.0252. The molecule has 68 valence electrons. The monoisotopic (exact) mass is 184 g/mol. The summed E-state index contributed by atoms with van der Waals surface area (Å²) < 4.78 is 37.3. The molecule has 0 aromatic heterocycles. The number of rotatable bonds is 6. The second-order valence-corrected chi connectivity index (χ2v) is 3.99. The van der Waals surface area contributed by atoms with E-state index in [4.69, 9.17) is 0 Å². The number of hydrogen-bond donors (Lipinski definition) is 0. The number of alkyl halides is 1. The van der Waals surface area contributed by atoms with Crippen molar-refractivity contribution in [1.29, 1.82) is 0 Å². The summed E-state index contributed by atoms with van der Waals surface area (Å²) in [6.07, 6.45) is 0.814. The van der Waals surface area contributed by atoms with Crippen molar-refractivity contribution in [3.05, 3.63) is 0 Å². The number of unbranched alkanes of at least 4 members (excludes halogenated alkanes) is 1. The summed E-state index contributed by atoms with van der Waals surface area (Å²) in [5, 5.41) is 0. The molecule has 0 radical (unpaired) electrons. The summed E-state index contributed by atoms with van der Waals surface area (Å²) >= 11 is 0. The first-order valence-corrected chi connectivity index (χ1v) is 5.13. The second kappa shape index (κ2) is 5.49. The molecular formula is C6H13FO3S. The van der Waals surface area contributed by atoms with E-state index in [9.17, 15) is 12.8 Å². The summed E-state index contributed by atoms with van der Waals surface area (Å²) in [5.41, 5.74) is 0. The van der Waals surface area contributed by atoms with Crippen LogP contribution in [-0.4, -0.2) is 27.5 Å². The average Bonchev–Trinajstić information content (AvgIpc) is 1.99. The smallest absolute Gasteiger partial charge is 0.267 e. The first-order valence-electron chi connectivity index (χ1n) is 3.55. The maximum absolute atomic E-state index is 11.5. The van der Waals surface area contributed by atoms with E-state index >= 15 is 0 Å². The van der Waals surface area contributed by atoms with E-state index in [1.807, 2.05) is 0 Å². The molecule has 0 bridgehead atoms. The van der Waals surface area contributed by atoms with Gasteiger partial charge in [0.15, 0.2) is 0 Å². The zero-order valence-electron chi connectivity index (χ0n) is 6.55. The lowest BCUT2D eigenvalue weighted by atomic mass is 10.4. The predicted octanol–water partition coefficient (Wildman–Crippen LogP) is 1.10. The summed E-state index contributed by atoms with van der Waals surface area (Å²) in [7, 11) is -3.32. The molecule has 0 aliphatic rings. The average molecular weight is 184 g/mol. The molecule has 0 unspecified atom stereocenters. The summed E-state index contributed by atoms with van der Waals surface area (Å²) in [6.45, 7) is 1.18. The fourth-order valence-electron chi connectivity index (χ4n) is 0.466. The molecule has 0 amide bonds. The lowest BCUT2D eigenvalue weighted by Gasteiger charge is -2.00. The van der Waals surface area contributed by atoms with Crippen LogP contribution in [0, 0.1) is 0 Å².